The van der Waals surface area contributed by atoms with E-state index in [0.29, 0.717) is 10.5 Å². The van der Waals surface area contributed by atoms with Gasteiger partial charge in [-0.15, -0.1) is 4.86 Å². The molecule has 0 radical (unpaired) electrons. The molecule has 4 nitrogen and oxygen atoms in total. The van der Waals surface area contributed by atoms with Crippen LogP contribution in [0, 0.1) is 5.21 Å². The summed E-state index contributed by atoms with van der Waals surface area (Å²) in [5.41, 5.74) is 2.92. The lowest BCUT2D eigenvalue weighted by Gasteiger charge is -2.02. The van der Waals surface area contributed by atoms with Crippen molar-refractivity contribution < 1.29 is 4.86 Å². The second-order valence-corrected chi connectivity index (χ2v) is 1.93. The molecule has 0 aliphatic carbocycles. The van der Waals surface area contributed by atoms with Gasteiger partial charge in [0.15, 0.2) is 5.69 Å². The molecule has 0 saturated heterocycles. The molecule has 0 saturated carbocycles. The van der Waals surface area contributed by atoms with Gasteiger partial charge in [-0.1, -0.05) is 18.2 Å². The number of hydrogen-bond acceptors (Lipinski definition) is 2. The summed E-state index contributed by atoms with van der Waals surface area (Å²) in [5, 5.41) is 14.4. The number of nitrogens with zero attached hydrogens (tertiary/aromatic N) is 2. The Labute approximate surface area is 64.7 Å². The second-order valence-electron chi connectivity index (χ2n) is 1.93. The summed E-state index contributed by atoms with van der Waals surface area (Å²) in [6.45, 7) is 0. The third-order valence-corrected chi connectivity index (χ3v) is 1.17. The Morgan fingerprint density at radius 2 is 2.00 bits per heavy atom. The zero-order valence-corrected chi connectivity index (χ0v) is 6.19. The fourth-order valence-corrected chi connectivity index (χ4v) is 0.704. The number of para-hydroxylation sites is 1. The molecule has 0 aliphatic heterocycles. The predicted molar refractivity (Wildman–Crippen MR) is 41.2 cm³/mol. The molecule has 0 aliphatic rings. The van der Waals surface area contributed by atoms with Crippen LogP contribution in [0.1, 0.15) is 0 Å². The van der Waals surface area contributed by atoms with E-state index in [2.05, 4.69) is 10.6 Å². The van der Waals surface area contributed by atoms with Crippen LogP contribution in [0.25, 0.3) is 0 Å². The third kappa shape index (κ3) is 1.93. The van der Waals surface area contributed by atoms with Crippen molar-refractivity contribution in [3.63, 3.8) is 0 Å². The highest BCUT2D eigenvalue weighted by molar-refractivity contribution is 5.27. The third-order valence-electron chi connectivity index (χ3n) is 1.17. The summed E-state index contributed by atoms with van der Waals surface area (Å²) >= 11 is 0. The SMILES string of the molecule is CNN=[N+]([O-])c1ccccc1. The molecule has 1 aromatic rings. The monoisotopic (exact) mass is 151 g/mol. The molecule has 0 amide bonds. The Hall–Kier alpha value is -1.58. The van der Waals surface area contributed by atoms with Crippen LogP contribution in [0.3, 0.4) is 0 Å². The molecule has 0 spiro atoms. The highest BCUT2D eigenvalue weighted by Gasteiger charge is 1.92. The van der Waals surface area contributed by atoms with Gasteiger partial charge >= 0.3 is 0 Å². The first-order valence-electron chi connectivity index (χ1n) is 3.24. The van der Waals surface area contributed by atoms with E-state index in [1.54, 1.807) is 31.3 Å². The molecule has 0 heterocycles. The lowest BCUT2D eigenvalue weighted by atomic mass is 10.3. The summed E-state index contributed by atoms with van der Waals surface area (Å²) in [6.07, 6.45) is 0. The number of hydrogen-bond donors (Lipinski definition) is 1. The van der Waals surface area contributed by atoms with Crippen molar-refractivity contribution in [2.24, 2.45) is 5.22 Å². The zero-order valence-electron chi connectivity index (χ0n) is 6.19. The van der Waals surface area contributed by atoms with Crippen LogP contribution >= 0.6 is 0 Å². The van der Waals surface area contributed by atoms with E-state index in [1.165, 1.54) is 0 Å². The number of nitrogens with one attached hydrogen (secondary N) is 1. The van der Waals surface area contributed by atoms with E-state index in [9.17, 15) is 5.21 Å². The number of rotatable bonds is 2. The molecule has 0 aromatic heterocycles. The minimum Gasteiger partial charge on any atom is -0.691 e. The van der Waals surface area contributed by atoms with Crippen LogP contribution in [0.2, 0.25) is 0 Å². The Balaban J connectivity index is 2.85. The molecule has 11 heavy (non-hydrogen) atoms. The first-order valence-corrected chi connectivity index (χ1v) is 3.24. The summed E-state index contributed by atoms with van der Waals surface area (Å²) < 4.78 is 0. The Morgan fingerprint density at radius 3 is 2.55 bits per heavy atom. The maximum Gasteiger partial charge on any atom is 0.154 e. The number of benzene rings is 1. The molecular formula is C7H9N3O. The van der Waals surface area contributed by atoms with E-state index in [1.807, 2.05) is 6.07 Å². The summed E-state index contributed by atoms with van der Waals surface area (Å²) in [4.78, 5) is 0.528. The smallest absolute Gasteiger partial charge is 0.154 e. The molecular weight excluding hydrogens is 142 g/mol. The van der Waals surface area contributed by atoms with E-state index in [4.69, 9.17) is 0 Å². The molecule has 0 fully saturated rings. The van der Waals surface area contributed by atoms with Crippen LogP contribution in [-0.4, -0.2) is 11.9 Å². The normalized spacial score (nSPS) is 11.2. The fourth-order valence-electron chi connectivity index (χ4n) is 0.704. The predicted octanol–water partition coefficient (Wildman–Crippen LogP) is 1.41. The van der Waals surface area contributed by atoms with Gasteiger partial charge in [0.2, 0.25) is 0 Å². The van der Waals surface area contributed by atoms with Gasteiger partial charge in [0, 0.05) is 0 Å². The Morgan fingerprint density at radius 1 is 1.36 bits per heavy atom. The molecule has 1 aromatic carbocycles. The Kier molecular flexibility index (Phi) is 2.43. The van der Waals surface area contributed by atoms with E-state index >= 15 is 0 Å². The van der Waals surface area contributed by atoms with Crippen molar-refractivity contribution in [3.8, 4) is 0 Å². The molecule has 0 unspecified atom stereocenters. The zero-order chi connectivity index (χ0) is 8.10. The van der Waals surface area contributed by atoms with Gasteiger partial charge in [0.25, 0.3) is 0 Å². The van der Waals surface area contributed by atoms with Gasteiger partial charge < -0.3 is 5.21 Å². The maximum atomic E-state index is 10.9. The standard InChI is InChI=1S/C7H9N3O/c1-8-9-10(11)7-5-3-2-4-6-7/h2-6,8H,1H3. The average molecular weight is 151 g/mol. The van der Waals surface area contributed by atoms with Gasteiger partial charge in [-0.3, -0.25) is 0 Å². The maximum absolute atomic E-state index is 10.9. The van der Waals surface area contributed by atoms with E-state index < -0.39 is 0 Å². The molecule has 58 valence electrons. The van der Waals surface area contributed by atoms with Crippen LogP contribution in [0.4, 0.5) is 5.69 Å². The highest BCUT2D eigenvalue weighted by atomic mass is 16.5. The largest absolute Gasteiger partial charge is 0.691 e. The van der Waals surface area contributed by atoms with Crippen LogP contribution in [0.5, 0.6) is 0 Å². The van der Waals surface area contributed by atoms with Crippen LogP contribution in [-0.2, 0) is 0 Å². The molecule has 1 N–H and O–H groups in total. The van der Waals surface area contributed by atoms with Gasteiger partial charge in [0.1, 0.15) is 0 Å². The molecule has 4 heteroatoms. The summed E-state index contributed by atoms with van der Waals surface area (Å²) in [7, 11) is 1.58. The average Bonchev–Trinajstić information content (AvgIpc) is 2.07. The minimum atomic E-state index is 0.516. The Bertz CT molecular complexity index is 245. The minimum absolute atomic E-state index is 0.516. The highest BCUT2D eigenvalue weighted by Crippen LogP contribution is 2.08. The first kappa shape index (κ1) is 7.53. The van der Waals surface area contributed by atoms with Crippen LogP contribution < -0.4 is 5.43 Å². The topological polar surface area (TPSA) is 50.5 Å². The summed E-state index contributed by atoms with van der Waals surface area (Å²) in [5.74, 6) is 0. The van der Waals surface area contributed by atoms with Gasteiger partial charge in [-0.2, -0.15) is 5.43 Å². The second kappa shape index (κ2) is 3.55. The fraction of sp³-hybridized carbons (Fsp3) is 0.143. The first-order chi connectivity index (χ1) is 5.34. The lowest BCUT2D eigenvalue weighted by Crippen LogP contribution is -2.01. The van der Waals surface area contributed by atoms with Crippen molar-refractivity contribution in [3.05, 3.63) is 35.5 Å². The van der Waals surface area contributed by atoms with Crippen LogP contribution in [0.15, 0.2) is 35.6 Å². The quantitative estimate of drug-likeness (QED) is 0.394. The van der Waals surface area contributed by atoms with E-state index in [-0.39, 0.29) is 0 Å². The van der Waals surface area contributed by atoms with Gasteiger partial charge in [0.05, 0.1) is 12.3 Å². The van der Waals surface area contributed by atoms with Gasteiger partial charge in [-0.25, -0.2) is 0 Å². The summed E-state index contributed by atoms with van der Waals surface area (Å²) in [6, 6.07) is 8.79. The molecule has 0 bridgehead atoms. The van der Waals surface area contributed by atoms with Gasteiger partial charge in [-0.05, 0) is 12.1 Å². The van der Waals surface area contributed by atoms with Crippen molar-refractivity contribution in [2.75, 3.05) is 7.05 Å². The van der Waals surface area contributed by atoms with Crippen molar-refractivity contribution in [2.45, 2.75) is 0 Å². The van der Waals surface area contributed by atoms with Crippen molar-refractivity contribution >= 4 is 5.69 Å². The molecule has 0 atom stereocenters. The van der Waals surface area contributed by atoms with E-state index in [0.717, 1.165) is 0 Å². The molecule has 1 rings (SSSR count). The lowest BCUT2D eigenvalue weighted by molar-refractivity contribution is -0.447. The van der Waals surface area contributed by atoms with Crippen molar-refractivity contribution in [1.82, 2.24) is 5.43 Å². The van der Waals surface area contributed by atoms with Crippen molar-refractivity contribution in [1.29, 1.82) is 0 Å².